The second kappa shape index (κ2) is 10.0. The molecule has 12 heteroatoms. The van der Waals surface area contributed by atoms with Crippen LogP contribution in [0.4, 0.5) is 14.5 Å². The maximum Gasteiger partial charge on any atom is 0.251 e. The Balaban J connectivity index is 1.57. The van der Waals surface area contributed by atoms with Crippen LogP contribution in [0.2, 0.25) is 0 Å². The number of amides is 3. The summed E-state index contributed by atoms with van der Waals surface area (Å²) in [4.78, 5) is 34.4. The fraction of sp³-hybridized carbons (Fsp3) is 0.286. The lowest BCUT2D eigenvalue weighted by Gasteiger charge is -2.30. The topological polar surface area (TPSA) is 139 Å². The Hall–Kier alpha value is -3.38. The first-order valence-electron chi connectivity index (χ1n) is 10.0. The average Bonchev–Trinajstić information content (AvgIpc) is 2.79. The first-order chi connectivity index (χ1) is 15.6. The molecule has 1 fully saturated rings. The van der Waals surface area contributed by atoms with Crippen LogP contribution in [0.1, 0.15) is 23.2 Å². The summed E-state index contributed by atoms with van der Waals surface area (Å²) in [5.74, 6) is -3.87. The molecule has 9 nitrogen and oxygen atoms in total. The Morgan fingerprint density at radius 3 is 2.27 bits per heavy atom. The molecule has 2 aromatic rings. The van der Waals surface area contributed by atoms with Crippen molar-refractivity contribution in [2.75, 3.05) is 25.0 Å². The lowest BCUT2D eigenvalue weighted by atomic mass is 9.97. The molecule has 1 aliphatic heterocycles. The third kappa shape index (κ3) is 5.90. The van der Waals surface area contributed by atoms with E-state index in [2.05, 4.69) is 10.6 Å². The summed E-state index contributed by atoms with van der Waals surface area (Å²) in [6, 6.07) is 8.21. The van der Waals surface area contributed by atoms with E-state index in [1.54, 1.807) is 0 Å². The number of hydrogen-bond acceptors (Lipinski definition) is 5. The van der Waals surface area contributed by atoms with E-state index in [9.17, 15) is 31.6 Å². The van der Waals surface area contributed by atoms with Gasteiger partial charge in [0.25, 0.3) is 5.91 Å². The summed E-state index contributed by atoms with van der Waals surface area (Å²) in [6.07, 6.45) is 0.408. The van der Waals surface area contributed by atoms with Crippen LogP contribution in [0.3, 0.4) is 0 Å². The van der Waals surface area contributed by atoms with Crippen molar-refractivity contribution in [2.24, 2.45) is 11.7 Å². The van der Waals surface area contributed by atoms with Gasteiger partial charge in [-0.15, -0.1) is 0 Å². The van der Waals surface area contributed by atoms with Crippen LogP contribution in [0.5, 0.6) is 0 Å². The minimum atomic E-state index is -4.23. The molecule has 33 heavy (non-hydrogen) atoms. The van der Waals surface area contributed by atoms with E-state index in [4.69, 9.17) is 5.73 Å². The lowest BCUT2D eigenvalue weighted by molar-refractivity contribution is -0.121. The van der Waals surface area contributed by atoms with Crippen molar-refractivity contribution < 1.29 is 31.6 Å². The largest absolute Gasteiger partial charge is 0.368 e. The zero-order valence-electron chi connectivity index (χ0n) is 17.4. The average molecular weight is 480 g/mol. The zero-order valence-corrected chi connectivity index (χ0v) is 18.2. The molecule has 2 aromatic carbocycles. The lowest BCUT2D eigenvalue weighted by Crippen LogP contribution is -2.41. The number of nitrogens with zero attached hydrogens (tertiary/aromatic N) is 1. The van der Waals surface area contributed by atoms with E-state index in [0.29, 0.717) is 11.8 Å². The minimum Gasteiger partial charge on any atom is -0.368 e. The molecule has 3 amide bonds. The smallest absolute Gasteiger partial charge is 0.251 e. The molecule has 1 aliphatic rings. The van der Waals surface area contributed by atoms with Gasteiger partial charge in [-0.1, -0.05) is 0 Å². The molecule has 1 saturated heterocycles. The van der Waals surface area contributed by atoms with Gasteiger partial charge in [0.1, 0.15) is 16.5 Å². The molecule has 0 atom stereocenters. The summed E-state index contributed by atoms with van der Waals surface area (Å²) in [7, 11) is -4.23. The highest BCUT2D eigenvalue weighted by Crippen LogP contribution is 2.26. The van der Waals surface area contributed by atoms with Gasteiger partial charge in [0.2, 0.25) is 21.8 Å². The van der Waals surface area contributed by atoms with Crippen LogP contribution in [-0.4, -0.2) is 50.1 Å². The number of hydrogen-bond donors (Lipinski definition) is 3. The van der Waals surface area contributed by atoms with Gasteiger partial charge >= 0.3 is 0 Å². The number of rotatable bonds is 7. The number of benzene rings is 2. The van der Waals surface area contributed by atoms with E-state index in [-0.39, 0.29) is 43.9 Å². The van der Waals surface area contributed by atoms with Crippen LogP contribution in [-0.2, 0) is 19.6 Å². The summed E-state index contributed by atoms with van der Waals surface area (Å²) in [5, 5.41) is 5.05. The summed E-state index contributed by atoms with van der Waals surface area (Å²) >= 11 is 0. The molecule has 0 radical (unpaired) electrons. The Bertz CT molecular complexity index is 1160. The molecule has 4 N–H and O–H groups in total. The first-order valence-corrected chi connectivity index (χ1v) is 11.4. The molecule has 3 rings (SSSR count). The predicted molar refractivity (Wildman–Crippen MR) is 114 cm³/mol. The zero-order chi connectivity index (χ0) is 24.2. The minimum absolute atomic E-state index is 0.0185. The molecule has 0 spiro atoms. The molecule has 0 saturated carbocycles. The normalized spacial score (nSPS) is 15.1. The first kappa shape index (κ1) is 24.3. The van der Waals surface area contributed by atoms with Gasteiger partial charge in [0.05, 0.1) is 6.54 Å². The van der Waals surface area contributed by atoms with Crippen molar-refractivity contribution >= 4 is 33.4 Å². The molecular formula is C21H22F2N4O5S. The van der Waals surface area contributed by atoms with Crippen LogP contribution in [0.15, 0.2) is 47.4 Å². The Labute approximate surface area is 189 Å². The third-order valence-corrected chi connectivity index (χ3v) is 7.09. The quantitative estimate of drug-likeness (QED) is 0.547. The van der Waals surface area contributed by atoms with E-state index in [0.717, 1.165) is 16.4 Å². The number of carbonyl (C=O) groups is 3. The fourth-order valence-corrected chi connectivity index (χ4v) is 4.94. The number of carbonyl (C=O) groups excluding carboxylic acids is 3. The highest BCUT2D eigenvalue weighted by Gasteiger charge is 2.33. The van der Waals surface area contributed by atoms with Gasteiger partial charge in [-0.3, -0.25) is 14.4 Å². The van der Waals surface area contributed by atoms with Gasteiger partial charge in [0, 0.05) is 30.3 Å². The van der Waals surface area contributed by atoms with E-state index in [1.807, 2.05) is 0 Å². The van der Waals surface area contributed by atoms with E-state index >= 15 is 0 Å². The standard InChI is InChI=1S/C21H22F2N4O5S/c22-15-3-6-17(23)18(11-15)33(31,32)27-9-7-14(8-10-27)21(30)26-16-4-1-13(2-5-16)20(29)25-12-19(24)28/h1-6,11,14H,7-10,12H2,(H2,24,28)(H,25,29)(H,26,30). The van der Waals surface area contributed by atoms with Gasteiger partial charge in [-0.25, -0.2) is 17.2 Å². The van der Waals surface area contributed by atoms with Crippen molar-refractivity contribution in [1.82, 2.24) is 9.62 Å². The Kier molecular flexibility index (Phi) is 7.39. The summed E-state index contributed by atoms with van der Waals surface area (Å²) in [5.41, 5.74) is 5.68. The molecule has 0 aliphatic carbocycles. The SMILES string of the molecule is NC(=O)CNC(=O)c1ccc(NC(=O)C2CCN(S(=O)(=O)c3cc(F)ccc3F)CC2)cc1. The van der Waals surface area contributed by atoms with Crippen molar-refractivity contribution in [3.63, 3.8) is 0 Å². The molecular weight excluding hydrogens is 458 g/mol. The Morgan fingerprint density at radius 2 is 1.67 bits per heavy atom. The van der Waals surface area contributed by atoms with Gasteiger partial charge in [0.15, 0.2) is 0 Å². The van der Waals surface area contributed by atoms with Crippen molar-refractivity contribution in [3.05, 3.63) is 59.7 Å². The number of piperidine rings is 1. The van der Waals surface area contributed by atoms with Crippen molar-refractivity contribution in [1.29, 1.82) is 0 Å². The predicted octanol–water partition coefficient (Wildman–Crippen LogP) is 1.22. The van der Waals surface area contributed by atoms with Crippen LogP contribution in [0.25, 0.3) is 0 Å². The van der Waals surface area contributed by atoms with Crippen LogP contribution < -0.4 is 16.4 Å². The van der Waals surface area contributed by atoms with E-state index < -0.39 is 44.3 Å². The number of primary amides is 1. The fourth-order valence-electron chi connectivity index (χ4n) is 3.39. The van der Waals surface area contributed by atoms with Gasteiger partial charge in [-0.05, 0) is 55.3 Å². The Morgan fingerprint density at radius 1 is 1.03 bits per heavy atom. The molecule has 176 valence electrons. The maximum atomic E-state index is 13.9. The maximum absolute atomic E-state index is 13.9. The number of sulfonamides is 1. The van der Waals surface area contributed by atoms with Crippen LogP contribution >= 0.6 is 0 Å². The van der Waals surface area contributed by atoms with Crippen LogP contribution in [0, 0.1) is 17.6 Å². The third-order valence-electron chi connectivity index (χ3n) is 5.17. The molecule has 0 bridgehead atoms. The summed E-state index contributed by atoms with van der Waals surface area (Å²) in [6.45, 7) is -0.331. The number of anilines is 1. The molecule has 0 unspecified atom stereocenters. The van der Waals surface area contributed by atoms with Gasteiger partial charge < -0.3 is 16.4 Å². The van der Waals surface area contributed by atoms with Gasteiger partial charge in [-0.2, -0.15) is 4.31 Å². The molecule has 1 heterocycles. The van der Waals surface area contributed by atoms with Crippen molar-refractivity contribution in [3.8, 4) is 0 Å². The monoisotopic (exact) mass is 480 g/mol. The number of nitrogens with one attached hydrogen (secondary N) is 2. The highest BCUT2D eigenvalue weighted by molar-refractivity contribution is 7.89. The molecule has 0 aromatic heterocycles. The number of halogens is 2. The number of nitrogens with two attached hydrogens (primary N) is 1. The van der Waals surface area contributed by atoms with E-state index in [1.165, 1.54) is 24.3 Å². The van der Waals surface area contributed by atoms with Crippen molar-refractivity contribution in [2.45, 2.75) is 17.7 Å². The summed E-state index contributed by atoms with van der Waals surface area (Å²) < 4.78 is 53.7. The second-order valence-corrected chi connectivity index (χ2v) is 9.38. The highest BCUT2D eigenvalue weighted by atomic mass is 32.2. The second-order valence-electron chi connectivity index (χ2n) is 7.47.